The maximum atomic E-state index is 12.3. The molecule has 0 fully saturated rings. The van der Waals surface area contributed by atoms with E-state index in [0.717, 1.165) is 0 Å². The summed E-state index contributed by atoms with van der Waals surface area (Å²) in [5, 5.41) is 17.3. The first-order chi connectivity index (χ1) is 14.4. The lowest BCUT2D eigenvalue weighted by atomic mass is 10.1. The van der Waals surface area contributed by atoms with Gasteiger partial charge in [-0.3, -0.25) is 19.7 Å². The van der Waals surface area contributed by atoms with Gasteiger partial charge in [0.1, 0.15) is 0 Å². The van der Waals surface area contributed by atoms with E-state index in [9.17, 15) is 19.7 Å². The molecular weight excluding hydrogens is 452 g/mol. The number of nitro benzene ring substituents is 1. The second-order valence-corrected chi connectivity index (χ2v) is 6.92. The van der Waals surface area contributed by atoms with Crippen LogP contribution in [0, 0.1) is 10.1 Å². The number of hydrogen-bond acceptors (Lipinski definition) is 5. The van der Waals surface area contributed by atoms with Crippen LogP contribution in [0.2, 0.25) is 0 Å². The molecule has 9 heteroatoms. The Labute approximate surface area is 179 Å². The van der Waals surface area contributed by atoms with E-state index in [1.165, 1.54) is 24.4 Å². The van der Waals surface area contributed by atoms with Gasteiger partial charge in [0.2, 0.25) is 0 Å². The lowest BCUT2D eigenvalue weighted by molar-refractivity contribution is -0.384. The van der Waals surface area contributed by atoms with Crippen molar-refractivity contribution in [3.8, 4) is 0 Å². The van der Waals surface area contributed by atoms with E-state index in [4.69, 9.17) is 0 Å². The predicted octanol–water partition coefficient (Wildman–Crippen LogP) is 4.37. The average Bonchev–Trinajstić information content (AvgIpc) is 2.74. The van der Waals surface area contributed by atoms with Crippen LogP contribution in [0.3, 0.4) is 0 Å². The standard InChI is InChI=1S/C21H15BrN4O4/c22-19-7-2-1-6-18(19)21(28)24-16-10-8-15(9-11-16)20(27)25-23-13-14-4-3-5-17(12-14)26(29)30/h1-13H,(H,24,28)(H,25,27). The summed E-state index contributed by atoms with van der Waals surface area (Å²) in [4.78, 5) is 34.8. The quantitative estimate of drug-likeness (QED) is 0.318. The maximum absolute atomic E-state index is 12.3. The Morgan fingerprint density at radius 3 is 2.40 bits per heavy atom. The van der Waals surface area contributed by atoms with Gasteiger partial charge in [-0.25, -0.2) is 5.43 Å². The molecule has 0 radical (unpaired) electrons. The zero-order chi connectivity index (χ0) is 21.5. The second-order valence-electron chi connectivity index (χ2n) is 6.06. The van der Waals surface area contributed by atoms with Crippen molar-refractivity contribution in [2.45, 2.75) is 0 Å². The molecule has 3 aromatic carbocycles. The average molecular weight is 467 g/mol. The fraction of sp³-hybridized carbons (Fsp3) is 0. The Morgan fingerprint density at radius 2 is 1.70 bits per heavy atom. The fourth-order valence-electron chi connectivity index (χ4n) is 2.50. The number of rotatable bonds is 6. The molecule has 0 saturated carbocycles. The molecule has 0 unspecified atom stereocenters. The van der Waals surface area contributed by atoms with Gasteiger partial charge >= 0.3 is 0 Å². The number of carbonyl (C=O) groups is 2. The van der Waals surface area contributed by atoms with Gasteiger partial charge in [-0.1, -0.05) is 24.3 Å². The number of anilines is 1. The first-order valence-corrected chi connectivity index (χ1v) is 9.47. The molecule has 0 spiro atoms. The summed E-state index contributed by atoms with van der Waals surface area (Å²) >= 11 is 3.33. The van der Waals surface area contributed by atoms with E-state index in [1.54, 1.807) is 48.5 Å². The van der Waals surface area contributed by atoms with Crippen LogP contribution in [0.5, 0.6) is 0 Å². The molecule has 8 nitrogen and oxygen atoms in total. The largest absolute Gasteiger partial charge is 0.322 e. The van der Waals surface area contributed by atoms with E-state index in [2.05, 4.69) is 31.8 Å². The number of non-ortho nitro benzene ring substituents is 1. The molecule has 3 rings (SSSR count). The Kier molecular flexibility index (Phi) is 6.66. The van der Waals surface area contributed by atoms with Crippen LogP contribution in [0.25, 0.3) is 0 Å². The third kappa shape index (κ3) is 5.36. The molecule has 0 aliphatic rings. The second kappa shape index (κ2) is 9.57. The summed E-state index contributed by atoms with van der Waals surface area (Å²) in [6.07, 6.45) is 1.32. The molecule has 0 bridgehead atoms. The summed E-state index contributed by atoms with van der Waals surface area (Å²) in [6.45, 7) is 0. The SMILES string of the molecule is O=C(NN=Cc1cccc([N+](=O)[O-])c1)c1ccc(NC(=O)c2ccccc2Br)cc1. The van der Waals surface area contributed by atoms with Crippen molar-refractivity contribution in [3.63, 3.8) is 0 Å². The smallest absolute Gasteiger partial charge is 0.271 e. The van der Waals surface area contributed by atoms with E-state index >= 15 is 0 Å². The summed E-state index contributed by atoms with van der Waals surface area (Å²) in [5.41, 5.74) is 4.14. The minimum atomic E-state index is -0.507. The van der Waals surface area contributed by atoms with Crippen molar-refractivity contribution >= 4 is 45.3 Å². The van der Waals surface area contributed by atoms with Crippen LogP contribution in [-0.2, 0) is 0 Å². The Balaban J connectivity index is 1.60. The topological polar surface area (TPSA) is 114 Å². The number of hydrazone groups is 1. The van der Waals surface area contributed by atoms with Crippen molar-refractivity contribution < 1.29 is 14.5 Å². The van der Waals surface area contributed by atoms with Crippen molar-refractivity contribution in [2.75, 3.05) is 5.32 Å². The predicted molar refractivity (Wildman–Crippen MR) is 117 cm³/mol. The highest BCUT2D eigenvalue weighted by atomic mass is 79.9. The summed E-state index contributed by atoms with van der Waals surface area (Å²) in [5.74, 6) is -0.735. The van der Waals surface area contributed by atoms with Crippen LogP contribution >= 0.6 is 15.9 Å². The first-order valence-electron chi connectivity index (χ1n) is 8.68. The van der Waals surface area contributed by atoms with Crippen LogP contribution in [-0.4, -0.2) is 23.0 Å². The van der Waals surface area contributed by atoms with Crippen molar-refractivity contribution in [1.82, 2.24) is 5.43 Å². The molecule has 2 amide bonds. The number of benzene rings is 3. The molecule has 30 heavy (non-hydrogen) atoms. The molecule has 2 N–H and O–H groups in total. The Morgan fingerprint density at radius 1 is 0.967 bits per heavy atom. The third-order valence-electron chi connectivity index (χ3n) is 3.98. The highest BCUT2D eigenvalue weighted by Crippen LogP contribution is 2.18. The third-order valence-corrected chi connectivity index (χ3v) is 4.68. The first kappa shape index (κ1) is 20.9. The summed E-state index contributed by atoms with van der Waals surface area (Å²) < 4.78 is 0.681. The van der Waals surface area contributed by atoms with E-state index in [1.807, 2.05) is 6.07 Å². The highest BCUT2D eigenvalue weighted by Gasteiger charge is 2.10. The summed E-state index contributed by atoms with van der Waals surface area (Å²) in [6, 6.07) is 19.2. The Hall–Kier alpha value is -3.85. The molecule has 150 valence electrons. The van der Waals surface area contributed by atoms with Gasteiger partial charge < -0.3 is 5.32 Å². The number of carbonyl (C=O) groups excluding carboxylic acids is 2. The number of hydrogen-bond donors (Lipinski definition) is 2. The van der Waals surface area contributed by atoms with Crippen molar-refractivity contribution in [3.05, 3.63) is 104 Å². The molecule has 0 aliphatic carbocycles. The lowest BCUT2D eigenvalue weighted by Gasteiger charge is -2.07. The fourth-order valence-corrected chi connectivity index (χ4v) is 2.96. The summed E-state index contributed by atoms with van der Waals surface area (Å²) in [7, 11) is 0. The van der Waals surface area contributed by atoms with Crippen LogP contribution in [0.4, 0.5) is 11.4 Å². The zero-order valence-electron chi connectivity index (χ0n) is 15.4. The van der Waals surface area contributed by atoms with Crippen LogP contribution in [0.15, 0.2) is 82.4 Å². The molecule has 0 aromatic heterocycles. The molecule has 0 atom stereocenters. The minimum Gasteiger partial charge on any atom is -0.322 e. The number of amides is 2. The molecule has 0 heterocycles. The van der Waals surface area contributed by atoms with Crippen LogP contribution in [0.1, 0.15) is 26.3 Å². The van der Waals surface area contributed by atoms with Crippen molar-refractivity contribution in [1.29, 1.82) is 0 Å². The molecule has 0 aliphatic heterocycles. The van der Waals surface area contributed by atoms with Gasteiger partial charge in [0, 0.05) is 33.4 Å². The number of nitrogens with one attached hydrogen (secondary N) is 2. The van der Waals surface area contributed by atoms with Crippen LogP contribution < -0.4 is 10.7 Å². The molecule has 0 saturated heterocycles. The number of nitro groups is 1. The number of nitrogens with zero attached hydrogens (tertiary/aromatic N) is 2. The monoisotopic (exact) mass is 466 g/mol. The Bertz CT molecular complexity index is 1130. The van der Waals surface area contributed by atoms with E-state index in [0.29, 0.717) is 26.9 Å². The van der Waals surface area contributed by atoms with Gasteiger partial charge in [0.25, 0.3) is 17.5 Å². The van der Waals surface area contributed by atoms with Gasteiger partial charge in [0.15, 0.2) is 0 Å². The maximum Gasteiger partial charge on any atom is 0.271 e. The highest BCUT2D eigenvalue weighted by molar-refractivity contribution is 9.10. The van der Waals surface area contributed by atoms with E-state index < -0.39 is 10.8 Å². The zero-order valence-corrected chi connectivity index (χ0v) is 17.0. The van der Waals surface area contributed by atoms with Gasteiger partial charge in [-0.05, 0) is 52.3 Å². The number of halogens is 1. The van der Waals surface area contributed by atoms with E-state index in [-0.39, 0.29) is 11.6 Å². The molecule has 3 aromatic rings. The lowest BCUT2D eigenvalue weighted by Crippen LogP contribution is -2.18. The van der Waals surface area contributed by atoms with Crippen molar-refractivity contribution in [2.24, 2.45) is 5.10 Å². The normalized spacial score (nSPS) is 10.6. The molecular formula is C21H15BrN4O4. The minimum absolute atomic E-state index is 0.0644. The van der Waals surface area contributed by atoms with Gasteiger partial charge in [-0.15, -0.1) is 0 Å². The van der Waals surface area contributed by atoms with Gasteiger partial charge in [0.05, 0.1) is 16.7 Å². The van der Waals surface area contributed by atoms with Gasteiger partial charge in [-0.2, -0.15) is 5.10 Å².